The first-order chi connectivity index (χ1) is 13.3. The van der Waals surface area contributed by atoms with E-state index in [9.17, 15) is 19.5 Å². The maximum absolute atomic E-state index is 13.2. The van der Waals surface area contributed by atoms with Gasteiger partial charge in [0.05, 0.1) is 0 Å². The van der Waals surface area contributed by atoms with Crippen molar-refractivity contribution in [3.8, 4) is 0 Å². The lowest BCUT2D eigenvalue weighted by molar-refractivity contribution is -0.142. The van der Waals surface area contributed by atoms with Crippen LogP contribution in [0.3, 0.4) is 0 Å². The van der Waals surface area contributed by atoms with Gasteiger partial charge in [0.25, 0.3) is 0 Å². The third kappa shape index (κ3) is 2.99. The molecule has 28 heavy (non-hydrogen) atoms. The molecule has 1 aliphatic carbocycles. The zero-order valence-electron chi connectivity index (χ0n) is 16.3. The molecule has 0 aromatic heterocycles. The van der Waals surface area contributed by atoms with Crippen molar-refractivity contribution in [1.82, 2.24) is 0 Å². The number of hydrogen-bond donors (Lipinski definition) is 1. The predicted octanol–water partition coefficient (Wildman–Crippen LogP) is 4.52. The van der Waals surface area contributed by atoms with Crippen LogP contribution >= 0.6 is 0 Å². The zero-order chi connectivity index (χ0) is 20.5. The van der Waals surface area contributed by atoms with Crippen LogP contribution in [-0.4, -0.2) is 22.5 Å². The van der Waals surface area contributed by atoms with Crippen LogP contribution < -0.4 is 0 Å². The van der Waals surface area contributed by atoms with E-state index in [1.807, 2.05) is 36.4 Å². The van der Waals surface area contributed by atoms with Crippen molar-refractivity contribution in [2.45, 2.75) is 39.0 Å². The third-order valence-corrected chi connectivity index (χ3v) is 5.88. The number of aliphatic hydroxyl groups is 1. The van der Waals surface area contributed by atoms with Gasteiger partial charge in [-0.15, -0.1) is 0 Å². The second-order valence-corrected chi connectivity index (χ2v) is 7.41. The van der Waals surface area contributed by atoms with Gasteiger partial charge in [-0.2, -0.15) is 0 Å². The molecule has 144 valence electrons. The summed E-state index contributed by atoms with van der Waals surface area (Å²) >= 11 is 0. The molecule has 2 atom stereocenters. The molecule has 0 saturated carbocycles. The molecule has 0 fully saturated rings. The molecule has 0 aliphatic heterocycles. The van der Waals surface area contributed by atoms with Gasteiger partial charge in [0.15, 0.2) is 5.78 Å². The first-order valence-corrected chi connectivity index (χ1v) is 9.36. The Labute approximate surface area is 164 Å². The number of benzene rings is 2. The van der Waals surface area contributed by atoms with Gasteiger partial charge < -0.3 is 5.11 Å². The molecule has 4 nitrogen and oxygen atoms in total. The molecule has 0 heterocycles. The highest BCUT2D eigenvalue weighted by Crippen LogP contribution is 2.57. The molecule has 1 N–H and O–H groups in total. The molecule has 2 aromatic carbocycles. The second kappa shape index (κ2) is 7.55. The van der Waals surface area contributed by atoms with E-state index in [0.717, 1.165) is 5.56 Å². The Morgan fingerprint density at radius 1 is 0.821 bits per heavy atom. The Kier molecular flexibility index (Phi) is 5.32. The average Bonchev–Trinajstić information content (AvgIpc) is 2.67. The van der Waals surface area contributed by atoms with Crippen molar-refractivity contribution in [3.63, 3.8) is 0 Å². The summed E-state index contributed by atoms with van der Waals surface area (Å²) in [4.78, 5) is 38.9. The van der Waals surface area contributed by atoms with Crippen molar-refractivity contribution >= 4 is 17.3 Å². The van der Waals surface area contributed by atoms with Crippen molar-refractivity contribution in [2.75, 3.05) is 0 Å². The number of aliphatic hydroxyl groups excluding tert-OH is 1. The van der Waals surface area contributed by atoms with Gasteiger partial charge in [-0.05, 0) is 31.9 Å². The van der Waals surface area contributed by atoms with Crippen LogP contribution in [0.25, 0.3) is 0 Å². The summed E-state index contributed by atoms with van der Waals surface area (Å²) in [5.41, 5.74) is 0.160. The summed E-state index contributed by atoms with van der Waals surface area (Å²) in [5, 5.41) is 10.8. The van der Waals surface area contributed by atoms with E-state index in [2.05, 4.69) is 0 Å². The molecule has 0 unspecified atom stereocenters. The SMILES string of the molecule is CC(=O)C1=C(O)C[C@H](c2ccccc2)C(C(C)=O)(C(C)=O)[C@H]1c1ccccc1. The minimum atomic E-state index is -1.46. The lowest BCUT2D eigenvalue weighted by Gasteiger charge is -2.47. The van der Waals surface area contributed by atoms with Crippen molar-refractivity contribution in [1.29, 1.82) is 0 Å². The molecular weight excluding hydrogens is 352 g/mol. The molecule has 1 aliphatic rings. The highest BCUT2D eigenvalue weighted by molar-refractivity contribution is 6.10. The van der Waals surface area contributed by atoms with E-state index in [0.29, 0.717) is 5.56 Å². The van der Waals surface area contributed by atoms with Gasteiger partial charge >= 0.3 is 0 Å². The number of carbonyl (C=O) groups excluding carboxylic acids is 3. The monoisotopic (exact) mass is 376 g/mol. The largest absolute Gasteiger partial charge is 0.512 e. The normalized spacial score (nSPS) is 21.2. The fourth-order valence-electron chi connectivity index (χ4n) is 4.75. The summed E-state index contributed by atoms with van der Waals surface area (Å²) < 4.78 is 0. The lowest BCUT2D eigenvalue weighted by Crippen LogP contribution is -2.51. The Balaban J connectivity index is 2.41. The van der Waals surface area contributed by atoms with E-state index in [4.69, 9.17) is 0 Å². The molecule has 3 rings (SSSR count). The quantitative estimate of drug-likeness (QED) is 0.779. The molecule has 0 amide bonds. The van der Waals surface area contributed by atoms with Crippen molar-refractivity contribution in [2.24, 2.45) is 5.41 Å². The van der Waals surface area contributed by atoms with E-state index < -0.39 is 17.3 Å². The lowest BCUT2D eigenvalue weighted by atomic mass is 9.52. The van der Waals surface area contributed by atoms with Crippen LogP contribution in [0.5, 0.6) is 0 Å². The highest BCUT2D eigenvalue weighted by Gasteiger charge is 2.59. The van der Waals surface area contributed by atoms with Gasteiger partial charge in [-0.1, -0.05) is 60.7 Å². The van der Waals surface area contributed by atoms with Crippen LogP contribution in [0.1, 0.15) is 50.2 Å². The van der Waals surface area contributed by atoms with Crippen LogP contribution in [0.15, 0.2) is 72.0 Å². The van der Waals surface area contributed by atoms with Gasteiger partial charge in [0.1, 0.15) is 22.7 Å². The number of rotatable bonds is 5. The van der Waals surface area contributed by atoms with Gasteiger partial charge in [0, 0.05) is 23.8 Å². The minimum Gasteiger partial charge on any atom is -0.512 e. The second-order valence-electron chi connectivity index (χ2n) is 7.41. The van der Waals surface area contributed by atoms with Crippen LogP contribution in [-0.2, 0) is 14.4 Å². The Morgan fingerprint density at radius 2 is 1.29 bits per heavy atom. The summed E-state index contributed by atoms with van der Waals surface area (Å²) in [7, 11) is 0. The summed E-state index contributed by atoms with van der Waals surface area (Å²) in [5.74, 6) is -2.36. The Hall–Kier alpha value is -3.01. The number of ketones is 3. The maximum Gasteiger partial charge on any atom is 0.159 e. The molecule has 0 saturated heterocycles. The number of hydrogen-bond acceptors (Lipinski definition) is 4. The molecule has 0 bridgehead atoms. The zero-order valence-corrected chi connectivity index (χ0v) is 16.3. The first kappa shape index (κ1) is 19.7. The standard InChI is InChI=1S/C24H24O4/c1-15(25)22-21(28)14-20(18-10-6-4-7-11-18)24(16(2)26,17(3)27)23(22)19-12-8-5-9-13-19/h4-13,20,23,28H,14H2,1-3H3/t20-,23+/m1/s1. The fourth-order valence-corrected chi connectivity index (χ4v) is 4.75. The van der Waals surface area contributed by atoms with Crippen LogP contribution in [0.2, 0.25) is 0 Å². The number of allylic oxidation sites excluding steroid dienone is 2. The third-order valence-electron chi connectivity index (χ3n) is 5.88. The van der Waals surface area contributed by atoms with Gasteiger partial charge in [-0.25, -0.2) is 0 Å². The van der Waals surface area contributed by atoms with Crippen molar-refractivity contribution in [3.05, 3.63) is 83.1 Å². The van der Waals surface area contributed by atoms with E-state index in [-0.39, 0.29) is 35.1 Å². The molecule has 0 radical (unpaired) electrons. The summed E-state index contributed by atoms with van der Waals surface area (Å²) in [6, 6.07) is 18.3. The average molecular weight is 376 g/mol. The predicted molar refractivity (Wildman–Crippen MR) is 107 cm³/mol. The number of Topliss-reactive ketones (excluding diaryl/α,β-unsaturated/α-hetero) is 3. The Morgan fingerprint density at radius 3 is 1.71 bits per heavy atom. The smallest absolute Gasteiger partial charge is 0.159 e. The Bertz CT molecular complexity index is 927. The van der Waals surface area contributed by atoms with E-state index >= 15 is 0 Å². The maximum atomic E-state index is 13.2. The molecular formula is C24H24O4. The fraction of sp³-hybridized carbons (Fsp3) is 0.292. The van der Waals surface area contributed by atoms with Crippen LogP contribution in [0, 0.1) is 5.41 Å². The molecule has 4 heteroatoms. The first-order valence-electron chi connectivity index (χ1n) is 9.36. The molecule has 0 spiro atoms. The van der Waals surface area contributed by atoms with Gasteiger partial charge in [-0.3, -0.25) is 14.4 Å². The molecule has 2 aromatic rings. The highest BCUT2D eigenvalue weighted by atomic mass is 16.3. The number of carbonyl (C=O) groups is 3. The van der Waals surface area contributed by atoms with E-state index in [1.54, 1.807) is 24.3 Å². The van der Waals surface area contributed by atoms with Gasteiger partial charge in [0.2, 0.25) is 0 Å². The summed E-state index contributed by atoms with van der Waals surface area (Å²) in [6.07, 6.45) is 0.0709. The van der Waals surface area contributed by atoms with E-state index in [1.165, 1.54) is 20.8 Å². The topological polar surface area (TPSA) is 71.4 Å². The van der Waals surface area contributed by atoms with Crippen molar-refractivity contribution < 1.29 is 19.5 Å². The van der Waals surface area contributed by atoms with Crippen LogP contribution in [0.4, 0.5) is 0 Å². The summed E-state index contributed by atoms with van der Waals surface area (Å²) in [6.45, 7) is 4.19. The minimum absolute atomic E-state index is 0.0478.